The molecule has 0 aromatic heterocycles. The zero-order valence-corrected chi connectivity index (χ0v) is 14.9. The van der Waals surface area contributed by atoms with E-state index in [0.717, 1.165) is 15.2 Å². The van der Waals surface area contributed by atoms with Gasteiger partial charge in [-0.3, -0.25) is 4.79 Å². The molecule has 0 heterocycles. The lowest BCUT2D eigenvalue weighted by Crippen LogP contribution is -2.30. The van der Waals surface area contributed by atoms with Gasteiger partial charge in [-0.2, -0.15) is 13.2 Å². The van der Waals surface area contributed by atoms with Gasteiger partial charge in [-0.1, -0.05) is 30.3 Å². The average molecular weight is 449 g/mol. The molecule has 2 N–H and O–H groups in total. The minimum absolute atomic E-state index is 0.260. The molecule has 0 bridgehead atoms. The topological polar surface area (TPSA) is 49.3 Å². The maximum absolute atomic E-state index is 13.0. The fraction of sp³-hybridized carbons (Fsp3) is 0.235. The highest BCUT2D eigenvalue weighted by atomic mass is 127. The lowest BCUT2D eigenvalue weighted by atomic mass is 10.0. The Kier molecular flexibility index (Phi) is 5.87. The van der Waals surface area contributed by atoms with Crippen LogP contribution in [-0.2, 0) is 6.18 Å². The zero-order valence-electron chi connectivity index (χ0n) is 12.7. The number of hydrogen-bond donors (Lipinski definition) is 2. The van der Waals surface area contributed by atoms with Gasteiger partial charge in [0.15, 0.2) is 0 Å². The summed E-state index contributed by atoms with van der Waals surface area (Å²) in [7, 11) is 0. The van der Waals surface area contributed by atoms with E-state index >= 15 is 0 Å². The van der Waals surface area contributed by atoms with Crippen LogP contribution in [0.25, 0.3) is 0 Å². The van der Waals surface area contributed by atoms with Gasteiger partial charge in [-0.25, -0.2) is 0 Å². The van der Waals surface area contributed by atoms with E-state index in [9.17, 15) is 23.1 Å². The normalized spacial score (nSPS) is 12.8. The van der Waals surface area contributed by atoms with Crippen LogP contribution in [0.2, 0.25) is 0 Å². The molecule has 128 valence electrons. The summed E-state index contributed by atoms with van der Waals surface area (Å²) >= 11 is 2.03. The zero-order chi connectivity index (χ0) is 17.9. The summed E-state index contributed by atoms with van der Waals surface area (Å²) in [6.45, 7) is 1.54. The second-order valence-corrected chi connectivity index (χ2v) is 6.33. The van der Waals surface area contributed by atoms with Gasteiger partial charge in [0.2, 0.25) is 0 Å². The number of alkyl halides is 3. The van der Waals surface area contributed by atoms with Gasteiger partial charge in [-0.15, -0.1) is 0 Å². The molecule has 0 spiro atoms. The minimum Gasteiger partial charge on any atom is -0.387 e. The van der Waals surface area contributed by atoms with Crippen LogP contribution in [0.15, 0.2) is 42.5 Å². The Balaban J connectivity index is 2.13. The number of nitrogens with one attached hydrogen (secondary N) is 1. The van der Waals surface area contributed by atoms with Crippen molar-refractivity contribution in [1.29, 1.82) is 0 Å². The molecule has 0 fully saturated rings. The molecular weight excluding hydrogens is 434 g/mol. The smallest absolute Gasteiger partial charge is 0.387 e. The number of carbonyl (C=O) groups excluding carboxylic acids is 1. The summed E-state index contributed by atoms with van der Waals surface area (Å²) in [5, 5.41) is 12.6. The van der Waals surface area contributed by atoms with Crippen LogP contribution in [0.3, 0.4) is 0 Å². The minimum atomic E-state index is -4.56. The van der Waals surface area contributed by atoms with Gasteiger partial charge in [-0.05, 0) is 52.8 Å². The van der Waals surface area contributed by atoms with Crippen molar-refractivity contribution in [3.8, 4) is 0 Å². The third kappa shape index (κ3) is 4.27. The average Bonchev–Trinajstić information content (AvgIpc) is 2.54. The molecule has 24 heavy (non-hydrogen) atoms. The molecule has 0 aliphatic heterocycles. The van der Waals surface area contributed by atoms with Crippen LogP contribution in [-0.4, -0.2) is 17.6 Å². The van der Waals surface area contributed by atoms with Crippen molar-refractivity contribution in [2.75, 3.05) is 6.54 Å². The summed E-state index contributed by atoms with van der Waals surface area (Å²) in [5.41, 5.74) is 0.180. The maximum Gasteiger partial charge on any atom is 0.416 e. The van der Waals surface area contributed by atoms with Gasteiger partial charge in [0, 0.05) is 10.1 Å². The highest BCUT2D eigenvalue weighted by Gasteiger charge is 2.34. The van der Waals surface area contributed by atoms with Crippen LogP contribution in [0.1, 0.15) is 33.2 Å². The van der Waals surface area contributed by atoms with Gasteiger partial charge >= 0.3 is 6.18 Å². The summed E-state index contributed by atoms with van der Waals surface area (Å²) in [6.07, 6.45) is -6.01. The predicted molar refractivity (Wildman–Crippen MR) is 92.6 cm³/mol. The van der Waals surface area contributed by atoms with Crippen LogP contribution < -0.4 is 5.32 Å². The van der Waals surface area contributed by atoms with E-state index in [0.29, 0.717) is 5.56 Å². The lowest BCUT2D eigenvalue weighted by molar-refractivity contribution is -0.139. The SMILES string of the molecule is Cc1cccc(C(=O)NCC(O)c2ccccc2C(F)(F)F)c1I. The lowest BCUT2D eigenvalue weighted by Gasteiger charge is -2.18. The standard InChI is InChI=1S/C17H15F3INO2/c1-10-5-4-7-12(15(10)21)16(24)22-9-14(23)11-6-2-3-8-13(11)17(18,19)20/h2-8,14,23H,9H2,1H3,(H,22,24). The number of carbonyl (C=O) groups is 1. The molecule has 0 saturated heterocycles. The molecule has 1 unspecified atom stereocenters. The second-order valence-electron chi connectivity index (χ2n) is 5.25. The first kappa shape index (κ1) is 18.7. The molecule has 7 heteroatoms. The molecule has 1 atom stereocenters. The number of aryl methyl sites for hydroxylation is 1. The summed E-state index contributed by atoms with van der Waals surface area (Å²) in [4.78, 5) is 12.2. The Hall–Kier alpha value is -1.61. The number of amides is 1. The molecule has 0 radical (unpaired) electrons. The van der Waals surface area contributed by atoms with Crippen molar-refractivity contribution in [1.82, 2.24) is 5.32 Å². The Morgan fingerprint density at radius 3 is 2.54 bits per heavy atom. The summed E-state index contributed by atoms with van der Waals surface area (Å²) < 4.78 is 39.7. The van der Waals surface area contributed by atoms with Crippen molar-refractivity contribution in [2.45, 2.75) is 19.2 Å². The van der Waals surface area contributed by atoms with E-state index in [4.69, 9.17) is 0 Å². The van der Waals surface area contributed by atoms with E-state index in [-0.39, 0.29) is 12.1 Å². The van der Waals surface area contributed by atoms with Crippen LogP contribution in [0.5, 0.6) is 0 Å². The fourth-order valence-corrected chi connectivity index (χ4v) is 2.87. The third-order valence-electron chi connectivity index (χ3n) is 3.52. The highest BCUT2D eigenvalue weighted by Crippen LogP contribution is 2.34. The number of halogens is 4. The van der Waals surface area contributed by atoms with Gasteiger partial charge < -0.3 is 10.4 Å². The highest BCUT2D eigenvalue weighted by molar-refractivity contribution is 14.1. The van der Waals surface area contributed by atoms with Crippen LogP contribution >= 0.6 is 22.6 Å². The largest absolute Gasteiger partial charge is 0.416 e. The predicted octanol–water partition coefficient (Wildman–Crippen LogP) is 4.08. The molecule has 1 amide bonds. The molecule has 0 saturated carbocycles. The molecule has 2 aromatic rings. The first-order valence-corrected chi connectivity index (χ1v) is 8.17. The maximum atomic E-state index is 13.0. The number of aliphatic hydroxyl groups is 1. The van der Waals surface area contributed by atoms with E-state index < -0.39 is 23.8 Å². The summed E-state index contributed by atoms with van der Waals surface area (Å²) in [5.74, 6) is -0.438. The van der Waals surface area contributed by atoms with Crippen molar-refractivity contribution in [2.24, 2.45) is 0 Å². The molecule has 0 aliphatic rings. The Morgan fingerprint density at radius 1 is 1.21 bits per heavy atom. The van der Waals surface area contributed by atoms with Gasteiger partial charge in [0.05, 0.1) is 17.2 Å². The third-order valence-corrected chi connectivity index (χ3v) is 4.95. The number of rotatable bonds is 4. The molecular formula is C17H15F3INO2. The first-order chi connectivity index (χ1) is 11.2. The van der Waals surface area contributed by atoms with Crippen molar-refractivity contribution in [3.05, 3.63) is 68.3 Å². The van der Waals surface area contributed by atoms with E-state index in [1.807, 2.05) is 35.6 Å². The van der Waals surface area contributed by atoms with E-state index in [1.165, 1.54) is 18.2 Å². The van der Waals surface area contributed by atoms with Crippen LogP contribution in [0, 0.1) is 10.5 Å². The van der Waals surface area contributed by atoms with Crippen molar-refractivity contribution < 1.29 is 23.1 Å². The Bertz CT molecular complexity index is 747. The van der Waals surface area contributed by atoms with E-state index in [1.54, 1.807) is 12.1 Å². The van der Waals surface area contributed by atoms with E-state index in [2.05, 4.69) is 5.32 Å². The van der Waals surface area contributed by atoms with Crippen molar-refractivity contribution in [3.63, 3.8) is 0 Å². The van der Waals surface area contributed by atoms with Gasteiger partial charge in [0.25, 0.3) is 5.91 Å². The van der Waals surface area contributed by atoms with Gasteiger partial charge in [0.1, 0.15) is 0 Å². The number of hydrogen-bond acceptors (Lipinski definition) is 2. The monoisotopic (exact) mass is 449 g/mol. The fourth-order valence-electron chi connectivity index (χ4n) is 2.26. The first-order valence-electron chi connectivity index (χ1n) is 7.09. The van der Waals surface area contributed by atoms with Crippen LogP contribution in [0.4, 0.5) is 13.2 Å². The molecule has 0 aliphatic carbocycles. The molecule has 2 aromatic carbocycles. The number of aliphatic hydroxyl groups excluding tert-OH is 1. The quantitative estimate of drug-likeness (QED) is 0.692. The molecule has 2 rings (SSSR count). The Morgan fingerprint density at radius 2 is 1.88 bits per heavy atom. The van der Waals surface area contributed by atoms with Crippen molar-refractivity contribution >= 4 is 28.5 Å². The molecule has 3 nitrogen and oxygen atoms in total. The summed E-state index contributed by atoms with van der Waals surface area (Å²) in [6, 6.07) is 9.99. The Labute approximate surface area is 151 Å². The second kappa shape index (κ2) is 7.52. The number of benzene rings is 2.